The summed E-state index contributed by atoms with van der Waals surface area (Å²) < 4.78 is 11.6. The second kappa shape index (κ2) is 6.89. The zero-order valence-electron chi connectivity index (χ0n) is 15.3. The zero-order chi connectivity index (χ0) is 18.1. The largest absolute Gasteiger partial charge is 0.458 e. The van der Waals surface area contributed by atoms with E-state index in [9.17, 15) is 9.59 Å². The molecular formula is C20H27NO4. The van der Waals surface area contributed by atoms with E-state index >= 15 is 0 Å². The first-order valence-electron chi connectivity index (χ1n) is 8.98. The number of piperidine rings is 1. The van der Waals surface area contributed by atoms with Gasteiger partial charge in [-0.05, 0) is 39.2 Å². The molecule has 0 bridgehead atoms. The molecule has 5 nitrogen and oxygen atoms in total. The van der Waals surface area contributed by atoms with Crippen molar-refractivity contribution >= 4 is 11.8 Å². The van der Waals surface area contributed by atoms with Crippen LogP contribution in [-0.2, 0) is 25.7 Å². The van der Waals surface area contributed by atoms with E-state index in [4.69, 9.17) is 9.47 Å². The van der Waals surface area contributed by atoms with Gasteiger partial charge in [0, 0.05) is 19.5 Å². The van der Waals surface area contributed by atoms with E-state index < -0.39 is 17.1 Å². The lowest BCUT2D eigenvalue weighted by atomic mass is 9.84. The average molecular weight is 345 g/mol. The lowest BCUT2D eigenvalue weighted by Crippen LogP contribution is -2.61. The van der Waals surface area contributed by atoms with Gasteiger partial charge in [-0.3, -0.25) is 9.69 Å². The van der Waals surface area contributed by atoms with Crippen LogP contribution in [0.25, 0.3) is 0 Å². The van der Waals surface area contributed by atoms with E-state index in [1.807, 2.05) is 56.0 Å². The number of ketones is 1. The molecule has 5 heteroatoms. The number of carbonyl (C=O) groups is 2. The predicted octanol–water partition coefficient (Wildman–Crippen LogP) is 2.72. The molecule has 2 aliphatic rings. The van der Waals surface area contributed by atoms with Crippen LogP contribution >= 0.6 is 0 Å². The Hall–Kier alpha value is -1.72. The second-order valence-corrected chi connectivity index (χ2v) is 7.94. The Morgan fingerprint density at radius 1 is 1.28 bits per heavy atom. The van der Waals surface area contributed by atoms with Gasteiger partial charge in [0.05, 0.1) is 12.7 Å². The summed E-state index contributed by atoms with van der Waals surface area (Å²) in [4.78, 5) is 27.3. The van der Waals surface area contributed by atoms with Crippen LogP contribution in [0.4, 0.5) is 0 Å². The third-order valence-corrected chi connectivity index (χ3v) is 4.93. The standard InChI is InChI=1S/C20H27NO4/c1-19(2,3)25-18(23)20-11-9-16(13-21(20)12-10-17(20)22)24-14-15-7-5-4-6-8-15/h4-8,16H,9-14H2,1-3H3/t16-,20+/m1/s1. The number of esters is 1. The fraction of sp³-hybridized carbons (Fsp3) is 0.600. The first kappa shape index (κ1) is 18.1. The fourth-order valence-electron chi connectivity index (χ4n) is 3.69. The highest BCUT2D eigenvalue weighted by Gasteiger charge is 2.58. The monoisotopic (exact) mass is 345 g/mol. The third-order valence-electron chi connectivity index (χ3n) is 4.93. The molecule has 25 heavy (non-hydrogen) atoms. The number of hydrogen-bond donors (Lipinski definition) is 0. The van der Waals surface area contributed by atoms with E-state index in [2.05, 4.69) is 0 Å². The topological polar surface area (TPSA) is 55.8 Å². The second-order valence-electron chi connectivity index (χ2n) is 7.94. The molecule has 136 valence electrons. The van der Waals surface area contributed by atoms with Gasteiger partial charge in [0.15, 0.2) is 11.3 Å². The Morgan fingerprint density at radius 2 is 2.00 bits per heavy atom. The molecule has 2 saturated heterocycles. The highest BCUT2D eigenvalue weighted by atomic mass is 16.6. The molecule has 0 N–H and O–H groups in total. The van der Waals surface area contributed by atoms with E-state index in [0.717, 1.165) is 5.56 Å². The third kappa shape index (κ3) is 3.77. The number of nitrogens with zero attached hydrogens (tertiary/aromatic N) is 1. The quantitative estimate of drug-likeness (QED) is 0.620. The molecule has 1 aromatic rings. The van der Waals surface area contributed by atoms with Crippen molar-refractivity contribution in [2.75, 3.05) is 13.1 Å². The van der Waals surface area contributed by atoms with Gasteiger partial charge in [-0.1, -0.05) is 30.3 Å². The van der Waals surface area contributed by atoms with Crippen molar-refractivity contribution in [3.63, 3.8) is 0 Å². The fourth-order valence-corrected chi connectivity index (χ4v) is 3.69. The van der Waals surface area contributed by atoms with Crippen molar-refractivity contribution in [2.45, 2.75) is 63.9 Å². The lowest BCUT2D eigenvalue weighted by molar-refractivity contribution is -0.175. The van der Waals surface area contributed by atoms with E-state index in [-0.39, 0.29) is 11.9 Å². The van der Waals surface area contributed by atoms with Gasteiger partial charge in [0.2, 0.25) is 0 Å². The van der Waals surface area contributed by atoms with E-state index in [1.54, 1.807) is 0 Å². The molecule has 0 spiro atoms. The summed E-state index contributed by atoms with van der Waals surface area (Å²) in [6.07, 6.45) is 1.60. The number of hydrogen-bond acceptors (Lipinski definition) is 5. The Balaban J connectivity index is 1.66. The highest BCUT2D eigenvalue weighted by molar-refractivity contribution is 6.10. The summed E-state index contributed by atoms with van der Waals surface area (Å²) in [5, 5.41) is 0. The Kier molecular flexibility index (Phi) is 4.98. The average Bonchev–Trinajstić information content (AvgIpc) is 2.90. The molecular weight excluding hydrogens is 318 g/mol. The van der Waals surface area contributed by atoms with Gasteiger partial charge < -0.3 is 9.47 Å². The summed E-state index contributed by atoms with van der Waals surface area (Å²) >= 11 is 0. The lowest BCUT2D eigenvalue weighted by Gasteiger charge is -2.42. The Morgan fingerprint density at radius 3 is 2.68 bits per heavy atom. The Labute approximate surface area is 149 Å². The molecule has 2 fully saturated rings. The summed E-state index contributed by atoms with van der Waals surface area (Å²) in [7, 11) is 0. The van der Waals surface area contributed by atoms with Crippen molar-refractivity contribution in [3.8, 4) is 0 Å². The molecule has 0 aliphatic carbocycles. The van der Waals surface area contributed by atoms with Crippen molar-refractivity contribution < 1.29 is 19.1 Å². The molecule has 0 amide bonds. The van der Waals surface area contributed by atoms with Gasteiger partial charge >= 0.3 is 5.97 Å². The van der Waals surface area contributed by atoms with Crippen LogP contribution in [0.5, 0.6) is 0 Å². The first-order chi connectivity index (χ1) is 11.8. The van der Waals surface area contributed by atoms with Gasteiger partial charge in [-0.15, -0.1) is 0 Å². The van der Waals surface area contributed by atoms with Crippen LogP contribution < -0.4 is 0 Å². The zero-order valence-corrected chi connectivity index (χ0v) is 15.3. The van der Waals surface area contributed by atoms with Crippen LogP contribution in [0.3, 0.4) is 0 Å². The van der Waals surface area contributed by atoms with Crippen LogP contribution in [0.2, 0.25) is 0 Å². The minimum Gasteiger partial charge on any atom is -0.458 e. The number of Topliss-reactive ketones (excluding diaryl/α,β-unsaturated/α-hetero) is 1. The van der Waals surface area contributed by atoms with Crippen LogP contribution in [0, 0.1) is 0 Å². The minimum atomic E-state index is -1.10. The Bertz CT molecular complexity index is 637. The van der Waals surface area contributed by atoms with Crippen LogP contribution in [0.15, 0.2) is 30.3 Å². The van der Waals surface area contributed by atoms with Gasteiger partial charge in [0.25, 0.3) is 0 Å². The molecule has 2 atom stereocenters. The van der Waals surface area contributed by atoms with Crippen molar-refractivity contribution in [1.29, 1.82) is 0 Å². The first-order valence-corrected chi connectivity index (χ1v) is 8.98. The maximum Gasteiger partial charge on any atom is 0.334 e. The van der Waals surface area contributed by atoms with Gasteiger partial charge in [-0.25, -0.2) is 4.79 Å². The predicted molar refractivity (Wildman–Crippen MR) is 94.0 cm³/mol. The van der Waals surface area contributed by atoms with Crippen molar-refractivity contribution in [2.24, 2.45) is 0 Å². The van der Waals surface area contributed by atoms with Crippen molar-refractivity contribution in [1.82, 2.24) is 4.90 Å². The molecule has 0 saturated carbocycles. The normalized spacial score (nSPS) is 27.2. The molecule has 2 heterocycles. The number of benzene rings is 1. The molecule has 1 aromatic carbocycles. The van der Waals surface area contributed by atoms with E-state index in [0.29, 0.717) is 39.0 Å². The highest BCUT2D eigenvalue weighted by Crippen LogP contribution is 2.38. The van der Waals surface area contributed by atoms with Crippen LogP contribution in [-0.4, -0.2) is 47.0 Å². The summed E-state index contributed by atoms with van der Waals surface area (Å²) in [6, 6.07) is 10.0. The number of fused-ring (bicyclic) bond motifs is 1. The SMILES string of the molecule is CC(C)(C)OC(=O)[C@@]12CC[C@@H](OCc3ccccc3)CN1CCC2=O. The summed E-state index contributed by atoms with van der Waals surface area (Å²) in [6.45, 7) is 7.24. The summed E-state index contributed by atoms with van der Waals surface area (Å²) in [5.74, 6) is -0.410. The maximum absolute atomic E-state index is 12.8. The molecule has 0 unspecified atom stereocenters. The summed E-state index contributed by atoms with van der Waals surface area (Å²) in [5.41, 5.74) is -0.565. The molecule has 3 rings (SSSR count). The number of carbonyl (C=O) groups excluding carboxylic acids is 2. The smallest absolute Gasteiger partial charge is 0.334 e. The van der Waals surface area contributed by atoms with Gasteiger partial charge in [0.1, 0.15) is 5.60 Å². The van der Waals surface area contributed by atoms with Crippen molar-refractivity contribution in [3.05, 3.63) is 35.9 Å². The van der Waals surface area contributed by atoms with Gasteiger partial charge in [-0.2, -0.15) is 0 Å². The maximum atomic E-state index is 12.8. The van der Waals surface area contributed by atoms with Crippen LogP contribution in [0.1, 0.15) is 45.6 Å². The molecule has 0 aromatic heterocycles. The molecule has 2 aliphatic heterocycles. The number of ether oxygens (including phenoxy) is 2. The molecule has 0 radical (unpaired) electrons. The minimum absolute atomic E-state index is 0.0109. The van der Waals surface area contributed by atoms with E-state index in [1.165, 1.54) is 0 Å². The number of rotatable bonds is 4.